The van der Waals surface area contributed by atoms with Gasteiger partial charge in [0.05, 0.1) is 11.9 Å². The van der Waals surface area contributed by atoms with Gasteiger partial charge in [0.1, 0.15) is 0 Å². The summed E-state index contributed by atoms with van der Waals surface area (Å²) in [6.45, 7) is 4.49. The van der Waals surface area contributed by atoms with Crippen LogP contribution in [0.3, 0.4) is 0 Å². The summed E-state index contributed by atoms with van der Waals surface area (Å²) in [5.41, 5.74) is 1.34. The molecule has 0 unspecified atom stereocenters. The van der Waals surface area contributed by atoms with Crippen LogP contribution in [-0.4, -0.2) is 47.5 Å². The number of ether oxygens (including phenoxy) is 1. The lowest BCUT2D eigenvalue weighted by molar-refractivity contribution is -0.115. The molecule has 26 heavy (non-hydrogen) atoms. The van der Waals surface area contributed by atoms with Crippen LogP contribution in [0.5, 0.6) is 0 Å². The quantitative estimate of drug-likeness (QED) is 0.443. The number of aromatic nitrogens is 2. The standard InChI is InChI=1S/C16H21N5O3S2/c1-10(25-16-21-20-15(26-16)17-8-9-24-3)14(23)19-13-6-4-12(5-7-13)18-11(2)22/h4-7,10H,8-9H2,1-3H3,(H,17,20)(H,18,22)(H,19,23)/t10-/m0/s1. The minimum atomic E-state index is -0.329. The topological polar surface area (TPSA) is 105 Å². The average molecular weight is 396 g/mol. The maximum Gasteiger partial charge on any atom is 0.237 e. The number of hydrogen-bond donors (Lipinski definition) is 3. The zero-order valence-corrected chi connectivity index (χ0v) is 16.4. The van der Waals surface area contributed by atoms with E-state index in [1.54, 1.807) is 31.4 Å². The maximum absolute atomic E-state index is 12.3. The van der Waals surface area contributed by atoms with Crippen molar-refractivity contribution in [1.82, 2.24) is 10.2 Å². The van der Waals surface area contributed by atoms with Gasteiger partial charge in [-0.3, -0.25) is 9.59 Å². The van der Waals surface area contributed by atoms with Crippen molar-refractivity contribution in [3.63, 3.8) is 0 Å². The van der Waals surface area contributed by atoms with Crippen LogP contribution in [0.4, 0.5) is 16.5 Å². The van der Waals surface area contributed by atoms with E-state index >= 15 is 0 Å². The molecular formula is C16H21N5O3S2. The number of benzene rings is 1. The lowest BCUT2D eigenvalue weighted by atomic mass is 10.2. The fraction of sp³-hybridized carbons (Fsp3) is 0.375. The first-order valence-corrected chi connectivity index (χ1v) is 9.59. The number of nitrogens with zero attached hydrogens (tertiary/aromatic N) is 2. The summed E-state index contributed by atoms with van der Waals surface area (Å²) in [6.07, 6.45) is 0. The molecule has 10 heteroatoms. The highest BCUT2D eigenvalue weighted by atomic mass is 32.2. The Bertz CT molecular complexity index is 736. The van der Waals surface area contributed by atoms with Gasteiger partial charge in [-0.2, -0.15) is 0 Å². The van der Waals surface area contributed by atoms with Crippen molar-refractivity contribution in [2.24, 2.45) is 0 Å². The second kappa shape index (κ2) is 10.1. The van der Waals surface area contributed by atoms with Gasteiger partial charge in [-0.05, 0) is 31.2 Å². The number of carbonyl (C=O) groups is 2. The van der Waals surface area contributed by atoms with E-state index in [1.165, 1.54) is 30.0 Å². The molecule has 1 heterocycles. The normalized spacial score (nSPS) is 11.7. The second-order valence-electron chi connectivity index (χ2n) is 5.30. The van der Waals surface area contributed by atoms with E-state index in [1.807, 2.05) is 6.92 Å². The van der Waals surface area contributed by atoms with Gasteiger partial charge < -0.3 is 20.7 Å². The number of rotatable bonds is 9. The summed E-state index contributed by atoms with van der Waals surface area (Å²) < 4.78 is 5.68. The van der Waals surface area contributed by atoms with Gasteiger partial charge in [-0.1, -0.05) is 23.1 Å². The predicted molar refractivity (Wildman–Crippen MR) is 105 cm³/mol. The molecule has 2 aromatic rings. The number of nitrogens with one attached hydrogen (secondary N) is 3. The lowest BCUT2D eigenvalue weighted by Crippen LogP contribution is -2.22. The Morgan fingerprint density at radius 3 is 2.46 bits per heavy atom. The first kappa shape index (κ1) is 20.1. The van der Waals surface area contributed by atoms with E-state index < -0.39 is 0 Å². The Kier molecular flexibility index (Phi) is 7.82. The summed E-state index contributed by atoms with van der Waals surface area (Å²) in [5, 5.41) is 17.1. The van der Waals surface area contributed by atoms with Crippen LogP contribution in [0.25, 0.3) is 0 Å². The van der Waals surface area contributed by atoms with Crippen LogP contribution in [0.2, 0.25) is 0 Å². The van der Waals surface area contributed by atoms with Crippen LogP contribution >= 0.6 is 23.1 Å². The Labute approximate surface area is 160 Å². The monoisotopic (exact) mass is 395 g/mol. The van der Waals surface area contributed by atoms with Crippen LogP contribution in [0.1, 0.15) is 13.8 Å². The van der Waals surface area contributed by atoms with Gasteiger partial charge in [0, 0.05) is 32.0 Å². The smallest absolute Gasteiger partial charge is 0.237 e. The Balaban J connectivity index is 1.84. The minimum Gasteiger partial charge on any atom is -0.383 e. The number of anilines is 3. The van der Waals surface area contributed by atoms with Crippen molar-refractivity contribution in [1.29, 1.82) is 0 Å². The summed E-state index contributed by atoms with van der Waals surface area (Å²) in [7, 11) is 1.64. The van der Waals surface area contributed by atoms with Gasteiger partial charge >= 0.3 is 0 Å². The van der Waals surface area contributed by atoms with Crippen molar-refractivity contribution < 1.29 is 14.3 Å². The number of carbonyl (C=O) groups excluding carboxylic acids is 2. The summed E-state index contributed by atoms with van der Waals surface area (Å²) >= 11 is 2.74. The molecule has 0 aliphatic rings. The average Bonchev–Trinajstić information content (AvgIpc) is 3.03. The van der Waals surface area contributed by atoms with Crippen LogP contribution in [0.15, 0.2) is 28.6 Å². The summed E-state index contributed by atoms with van der Waals surface area (Å²) in [5.74, 6) is -0.272. The van der Waals surface area contributed by atoms with E-state index in [9.17, 15) is 9.59 Å². The first-order valence-electron chi connectivity index (χ1n) is 7.89. The molecule has 1 aromatic heterocycles. The fourth-order valence-corrected chi connectivity index (χ4v) is 3.80. The van der Waals surface area contributed by atoms with E-state index in [2.05, 4.69) is 26.1 Å². The number of amides is 2. The molecular weight excluding hydrogens is 374 g/mol. The molecule has 0 saturated carbocycles. The SMILES string of the molecule is COCCNc1nnc(S[C@@H](C)C(=O)Nc2ccc(NC(C)=O)cc2)s1. The third kappa shape index (κ3) is 6.62. The molecule has 0 aliphatic carbocycles. The molecule has 0 fully saturated rings. The van der Waals surface area contributed by atoms with Crippen molar-refractivity contribution in [2.45, 2.75) is 23.4 Å². The molecule has 1 atom stereocenters. The summed E-state index contributed by atoms with van der Waals surface area (Å²) in [4.78, 5) is 23.3. The van der Waals surface area contributed by atoms with E-state index in [-0.39, 0.29) is 17.1 Å². The lowest BCUT2D eigenvalue weighted by Gasteiger charge is -2.11. The number of methoxy groups -OCH3 is 1. The first-order chi connectivity index (χ1) is 12.5. The molecule has 0 radical (unpaired) electrons. The second-order valence-corrected chi connectivity index (χ2v) is 7.87. The molecule has 0 spiro atoms. The molecule has 2 amide bonds. The third-order valence-electron chi connectivity index (χ3n) is 3.11. The highest BCUT2D eigenvalue weighted by Crippen LogP contribution is 2.29. The van der Waals surface area contributed by atoms with Gasteiger partial charge in [0.2, 0.25) is 16.9 Å². The molecule has 0 bridgehead atoms. The van der Waals surface area contributed by atoms with Crippen LogP contribution in [-0.2, 0) is 14.3 Å². The predicted octanol–water partition coefficient (Wildman–Crippen LogP) is 2.67. The minimum absolute atomic E-state index is 0.133. The van der Waals surface area contributed by atoms with E-state index in [0.29, 0.717) is 34.0 Å². The van der Waals surface area contributed by atoms with Crippen molar-refractivity contribution in [3.8, 4) is 0 Å². The fourth-order valence-electron chi connectivity index (χ4n) is 1.88. The van der Waals surface area contributed by atoms with Crippen molar-refractivity contribution in [3.05, 3.63) is 24.3 Å². The highest BCUT2D eigenvalue weighted by molar-refractivity contribution is 8.02. The molecule has 1 aromatic carbocycles. The Morgan fingerprint density at radius 2 is 1.85 bits per heavy atom. The van der Waals surface area contributed by atoms with Crippen molar-refractivity contribution in [2.75, 3.05) is 36.2 Å². The number of thioether (sulfide) groups is 1. The van der Waals surface area contributed by atoms with Gasteiger partial charge in [-0.15, -0.1) is 10.2 Å². The Hall–Kier alpha value is -2.17. The van der Waals surface area contributed by atoms with E-state index in [0.717, 1.165) is 0 Å². The van der Waals surface area contributed by atoms with E-state index in [4.69, 9.17) is 4.74 Å². The molecule has 2 rings (SSSR count). The number of hydrogen-bond acceptors (Lipinski definition) is 8. The molecule has 0 saturated heterocycles. The van der Waals surface area contributed by atoms with Crippen LogP contribution in [0, 0.1) is 0 Å². The zero-order valence-electron chi connectivity index (χ0n) is 14.7. The molecule has 0 aliphatic heterocycles. The maximum atomic E-state index is 12.3. The Morgan fingerprint density at radius 1 is 1.19 bits per heavy atom. The van der Waals surface area contributed by atoms with Crippen molar-refractivity contribution >= 4 is 51.4 Å². The largest absolute Gasteiger partial charge is 0.383 e. The summed E-state index contributed by atoms with van der Waals surface area (Å²) in [6, 6.07) is 6.95. The zero-order chi connectivity index (χ0) is 18.9. The van der Waals surface area contributed by atoms with Gasteiger partial charge in [0.25, 0.3) is 0 Å². The van der Waals surface area contributed by atoms with Gasteiger partial charge in [0.15, 0.2) is 4.34 Å². The molecule has 3 N–H and O–H groups in total. The van der Waals surface area contributed by atoms with Gasteiger partial charge in [-0.25, -0.2) is 0 Å². The molecule has 140 valence electrons. The highest BCUT2D eigenvalue weighted by Gasteiger charge is 2.17. The molecule has 8 nitrogen and oxygen atoms in total. The third-order valence-corrected chi connectivity index (χ3v) is 5.17. The van der Waals surface area contributed by atoms with Crippen LogP contribution < -0.4 is 16.0 Å².